The van der Waals surface area contributed by atoms with Crippen molar-refractivity contribution in [3.63, 3.8) is 0 Å². The van der Waals surface area contributed by atoms with E-state index in [0.717, 1.165) is 40.4 Å². The van der Waals surface area contributed by atoms with E-state index in [1.807, 2.05) is 22.1 Å². The van der Waals surface area contributed by atoms with E-state index in [0.29, 0.717) is 50.2 Å². The van der Waals surface area contributed by atoms with Gasteiger partial charge in [0, 0.05) is 68.9 Å². The van der Waals surface area contributed by atoms with E-state index in [-0.39, 0.29) is 36.1 Å². The fourth-order valence-corrected chi connectivity index (χ4v) is 8.46. The molecule has 0 saturated carbocycles. The second-order valence-electron chi connectivity index (χ2n) is 13.3. The molecule has 3 fully saturated rings. The van der Waals surface area contributed by atoms with Crippen LogP contribution in [0.5, 0.6) is 0 Å². The Kier molecular flexibility index (Phi) is 9.39. The fraction of sp³-hybridized carbons (Fsp3) is 0.529. The zero-order valence-electron chi connectivity index (χ0n) is 27.5. The zero-order valence-corrected chi connectivity index (χ0v) is 28.3. The Morgan fingerprint density at radius 1 is 1.13 bits per heavy atom. The smallest absolute Gasteiger partial charge is 0.246 e. The molecule has 0 aliphatic carbocycles. The molecule has 6 rings (SSSR count). The average Bonchev–Trinajstić information content (AvgIpc) is 3.51. The Bertz CT molecular complexity index is 1760. The molecule has 1 aromatic carbocycles. The zero-order chi connectivity index (χ0) is 33.5. The van der Waals surface area contributed by atoms with Crippen LogP contribution in [0.3, 0.4) is 0 Å². The molecule has 252 valence electrons. The van der Waals surface area contributed by atoms with Crippen molar-refractivity contribution in [3.8, 4) is 0 Å². The molecule has 3 aliphatic rings. The first-order chi connectivity index (χ1) is 22.5. The van der Waals surface area contributed by atoms with Crippen molar-refractivity contribution in [1.29, 1.82) is 0 Å². The van der Waals surface area contributed by atoms with Crippen LogP contribution in [0, 0.1) is 5.92 Å². The number of aromatic nitrogens is 3. The van der Waals surface area contributed by atoms with Crippen LogP contribution in [0.4, 0.5) is 27.7 Å². The summed E-state index contributed by atoms with van der Waals surface area (Å²) in [5, 5.41) is 5.33. The minimum atomic E-state index is -3.08. The second kappa shape index (κ2) is 13.3. The lowest BCUT2D eigenvalue weighted by Crippen LogP contribution is -2.49. The first kappa shape index (κ1) is 33.1. The van der Waals surface area contributed by atoms with Crippen molar-refractivity contribution in [2.45, 2.75) is 57.3 Å². The highest BCUT2D eigenvalue weighted by molar-refractivity contribution is 7.90. The molecule has 47 heavy (non-hydrogen) atoms. The minimum Gasteiger partial charge on any atom is -0.378 e. The number of anilines is 4. The quantitative estimate of drug-likeness (QED) is 0.303. The van der Waals surface area contributed by atoms with Crippen molar-refractivity contribution >= 4 is 49.8 Å². The highest BCUT2D eigenvalue weighted by Gasteiger charge is 2.36. The van der Waals surface area contributed by atoms with Gasteiger partial charge in [0.1, 0.15) is 27.6 Å². The monoisotopic (exact) mass is 665 g/mol. The first-order valence-electron chi connectivity index (χ1n) is 16.3. The number of nitrogens with zero attached hydrogens (tertiary/aromatic N) is 6. The number of likely N-dealkylation sites (tertiary alicyclic amines) is 1. The van der Waals surface area contributed by atoms with Crippen LogP contribution in [0.2, 0.25) is 0 Å². The van der Waals surface area contributed by atoms with Crippen molar-refractivity contribution < 1.29 is 22.3 Å². The fourth-order valence-electron chi connectivity index (χ4n) is 7.39. The molecule has 3 atom stereocenters. The number of carbonyl (C=O) groups is 1. The summed E-state index contributed by atoms with van der Waals surface area (Å²) in [7, 11) is -1.55. The second-order valence-corrected chi connectivity index (χ2v) is 15.5. The third-order valence-electron chi connectivity index (χ3n) is 9.52. The molecule has 2 aromatic heterocycles. The van der Waals surface area contributed by atoms with E-state index in [2.05, 4.69) is 46.7 Å². The topological polar surface area (TPSA) is 121 Å². The molecule has 3 aliphatic heterocycles. The molecule has 0 spiro atoms. The van der Waals surface area contributed by atoms with Gasteiger partial charge in [-0.2, -0.15) is 4.98 Å². The summed E-state index contributed by atoms with van der Waals surface area (Å²) in [6, 6.07) is 5.90. The van der Waals surface area contributed by atoms with Gasteiger partial charge in [0.05, 0.1) is 24.4 Å². The van der Waals surface area contributed by atoms with Gasteiger partial charge in [0.15, 0.2) is 0 Å². The maximum absolute atomic E-state index is 14.6. The van der Waals surface area contributed by atoms with Crippen LogP contribution in [-0.4, -0.2) is 98.3 Å². The first-order valence-corrected chi connectivity index (χ1v) is 18.4. The van der Waals surface area contributed by atoms with Gasteiger partial charge in [-0.1, -0.05) is 20.4 Å². The lowest BCUT2D eigenvalue weighted by atomic mass is 9.85. The van der Waals surface area contributed by atoms with Gasteiger partial charge in [0.2, 0.25) is 11.9 Å². The molecule has 3 saturated heterocycles. The molecule has 5 heterocycles. The summed E-state index contributed by atoms with van der Waals surface area (Å²) in [5.41, 5.74) is 3.24. The number of sulfone groups is 1. The lowest BCUT2D eigenvalue weighted by Gasteiger charge is -2.42. The molecule has 0 unspecified atom stereocenters. The summed E-state index contributed by atoms with van der Waals surface area (Å²) >= 11 is 0. The summed E-state index contributed by atoms with van der Waals surface area (Å²) < 4.78 is 43.9. The third-order valence-corrected chi connectivity index (χ3v) is 10.6. The number of pyridine rings is 1. The van der Waals surface area contributed by atoms with Gasteiger partial charge in [-0.3, -0.25) is 4.79 Å². The van der Waals surface area contributed by atoms with Crippen molar-refractivity contribution in [2.75, 3.05) is 67.0 Å². The average molecular weight is 666 g/mol. The Hall–Kier alpha value is -3.84. The SMILES string of the molecule is C=CC(=O)N1CCC[C@@H]1c1cc(N2CC(CS(C)(=O)=O)C2)c2cnc(Nc3ccnc(N4CC[C@@H](OC)[C@@H](F)C4)n3)cc2c1C(C)C. The van der Waals surface area contributed by atoms with E-state index in [4.69, 9.17) is 9.72 Å². The highest BCUT2D eigenvalue weighted by Crippen LogP contribution is 2.45. The van der Waals surface area contributed by atoms with E-state index < -0.39 is 22.1 Å². The predicted octanol–water partition coefficient (Wildman–Crippen LogP) is 4.79. The van der Waals surface area contributed by atoms with Gasteiger partial charge in [-0.15, -0.1) is 0 Å². The molecule has 11 nitrogen and oxygen atoms in total. The highest BCUT2D eigenvalue weighted by atomic mass is 32.2. The van der Waals surface area contributed by atoms with Gasteiger partial charge >= 0.3 is 0 Å². The van der Waals surface area contributed by atoms with Gasteiger partial charge in [0.25, 0.3) is 0 Å². The minimum absolute atomic E-state index is 0.0624. The Morgan fingerprint density at radius 2 is 1.91 bits per heavy atom. The largest absolute Gasteiger partial charge is 0.378 e. The number of halogens is 1. The number of benzene rings is 1. The normalized spacial score (nSPS) is 22.2. The molecule has 1 N–H and O–H groups in total. The number of fused-ring (bicyclic) bond motifs is 1. The lowest BCUT2D eigenvalue weighted by molar-refractivity contribution is -0.126. The van der Waals surface area contributed by atoms with Crippen molar-refractivity contribution in [2.24, 2.45) is 5.92 Å². The Labute approximate surface area is 276 Å². The predicted molar refractivity (Wildman–Crippen MR) is 183 cm³/mol. The summed E-state index contributed by atoms with van der Waals surface area (Å²) in [6.45, 7) is 10.8. The van der Waals surface area contributed by atoms with E-state index in [9.17, 15) is 17.6 Å². The number of piperidine rings is 1. The van der Waals surface area contributed by atoms with E-state index >= 15 is 0 Å². The number of amides is 1. The van der Waals surface area contributed by atoms with Crippen LogP contribution in [0.15, 0.2) is 43.2 Å². The number of hydrogen-bond acceptors (Lipinski definition) is 10. The number of nitrogens with one attached hydrogen (secondary N) is 1. The Morgan fingerprint density at radius 3 is 2.60 bits per heavy atom. The summed E-state index contributed by atoms with van der Waals surface area (Å²) in [4.78, 5) is 32.8. The van der Waals surface area contributed by atoms with Crippen molar-refractivity contribution in [1.82, 2.24) is 19.9 Å². The molecule has 13 heteroatoms. The van der Waals surface area contributed by atoms with E-state index in [1.165, 1.54) is 19.4 Å². The van der Waals surface area contributed by atoms with Crippen molar-refractivity contribution in [3.05, 3.63) is 54.4 Å². The Balaban J connectivity index is 1.38. The van der Waals surface area contributed by atoms with Gasteiger partial charge < -0.3 is 24.8 Å². The number of carbonyl (C=O) groups excluding carboxylic acids is 1. The maximum Gasteiger partial charge on any atom is 0.246 e. The third kappa shape index (κ3) is 6.92. The molecular weight excluding hydrogens is 621 g/mol. The molecule has 0 radical (unpaired) electrons. The standard InChI is InChI=1S/C34H44FN7O4S/c1-6-32(43)42-12-7-8-27(42)24-14-28(41-17-22(18-41)20-47(5,44)45)25-16-37-31(15-23(25)33(24)21(2)3)38-30-9-11-36-34(39-30)40-13-10-29(46-4)26(35)19-40/h6,9,11,14-16,21-22,26-27,29H,1,7-8,10,12-13,17-20H2,2-5H3,(H,36,37,38,39)/t26-,27+,29+/m0/s1. The summed E-state index contributed by atoms with van der Waals surface area (Å²) in [6.07, 6.45) is 6.94. The maximum atomic E-state index is 14.6. The molecular formula is C34H44FN7O4S. The molecule has 0 bridgehead atoms. The van der Waals surface area contributed by atoms with Crippen LogP contribution in [0.25, 0.3) is 10.8 Å². The van der Waals surface area contributed by atoms with E-state index in [1.54, 1.807) is 12.3 Å². The van der Waals surface area contributed by atoms with Gasteiger partial charge in [-0.05, 0) is 66.0 Å². The number of alkyl halides is 1. The molecule has 1 amide bonds. The molecule has 3 aromatic rings. The van der Waals surface area contributed by atoms with Crippen LogP contribution in [0.1, 0.15) is 56.2 Å². The van der Waals surface area contributed by atoms with Crippen LogP contribution >= 0.6 is 0 Å². The number of ether oxygens (including phenoxy) is 1. The number of hydrogen-bond donors (Lipinski definition) is 1. The summed E-state index contributed by atoms with van der Waals surface area (Å²) in [5.74, 6) is 1.86. The van der Waals surface area contributed by atoms with Crippen LogP contribution in [-0.2, 0) is 19.4 Å². The number of methoxy groups -OCH3 is 1. The van der Waals surface area contributed by atoms with Crippen LogP contribution < -0.4 is 15.1 Å². The van der Waals surface area contributed by atoms with Gasteiger partial charge in [-0.25, -0.2) is 22.8 Å². The number of rotatable bonds is 10.